The minimum absolute atomic E-state index is 0.0478. The van der Waals surface area contributed by atoms with Crippen molar-refractivity contribution in [2.45, 2.75) is 57.5 Å². The molecule has 2 aromatic heterocycles. The molecule has 3 aliphatic rings. The van der Waals surface area contributed by atoms with Gasteiger partial charge in [-0.3, -0.25) is 0 Å². The molecule has 10 heteroatoms. The number of hydrogen-bond donors (Lipinski definition) is 1. The quantitative estimate of drug-likeness (QED) is 0.874. The lowest BCUT2D eigenvalue weighted by atomic mass is 9.91. The largest absolute Gasteiger partial charge is 0.351 e. The number of nitrogens with two attached hydrogens (primary N) is 1. The van der Waals surface area contributed by atoms with E-state index in [1.54, 1.807) is 22.4 Å². The molecule has 2 N–H and O–H groups in total. The molecule has 0 aromatic carbocycles. The summed E-state index contributed by atoms with van der Waals surface area (Å²) in [6.45, 7) is 3.89. The predicted octanol–water partition coefficient (Wildman–Crippen LogP) is 1.75. The summed E-state index contributed by atoms with van der Waals surface area (Å²) in [4.78, 5) is 24.5. The number of primary amides is 1. The van der Waals surface area contributed by atoms with Crippen LogP contribution >= 0.6 is 0 Å². The average molecular weight is 379 g/mol. The van der Waals surface area contributed by atoms with Crippen LogP contribution in [-0.2, 0) is 6.42 Å². The number of halogens is 2. The summed E-state index contributed by atoms with van der Waals surface area (Å²) in [5, 5.41) is 4.48. The first-order valence-corrected chi connectivity index (χ1v) is 9.15. The highest BCUT2D eigenvalue weighted by Gasteiger charge is 2.42. The van der Waals surface area contributed by atoms with Crippen LogP contribution in [-0.4, -0.2) is 61.6 Å². The molecule has 2 bridgehead atoms. The first-order valence-electron chi connectivity index (χ1n) is 9.15. The number of urea groups is 1. The fraction of sp³-hybridized carbons (Fsp3) is 0.647. The summed E-state index contributed by atoms with van der Waals surface area (Å²) in [5.74, 6) is -1.49. The van der Waals surface area contributed by atoms with Crippen LogP contribution in [0.1, 0.15) is 37.7 Å². The van der Waals surface area contributed by atoms with Crippen LogP contribution in [0, 0.1) is 6.92 Å². The molecule has 8 nitrogen and oxygen atoms in total. The number of carbonyl (C=O) groups excluding carboxylic acids is 1. The van der Waals surface area contributed by atoms with E-state index in [4.69, 9.17) is 5.73 Å². The number of aromatic nitrogens is 4. The summed E-state index contributed by atoms with van der Waals surface area (Å²) in [6, 6.07) is 1.50. The third kappa shape index (κ3) is 3.40. The normalized spacial score (nSPS) is 22.7. The molecule has 2 aromatic rings. The van der Waals surface area contributed by atoms with Crippen molar-refractivity contribution in [2.24, 2.45) is 5.73 Å². The van der Waals surface area contributed by atoms with Gasteiger partial charge in [0.05, 0.1) is 11.7 Å². The van der Waals surface area contributed by atoms with Crippen LogP contribution in [0.25, 0.3) is 5.65 Å². The van der Waals surface area contributed by atoms with Gasteiger partial charge in [0.2, 0.25) is 11.9 Å². The zero-order chi connectivity index (χ0) is 19.3. The van der Waals surface area contributed by atoms with Gasteiger partial charge in [0.15, 0.2) is 5.65 Å². The summed E-state index contributed by atoms with van der Waals surface area (Å²) in [5.41, 5.74) is 6.65. The van der Waals surface area contributed by atoms with E-state index in [0.717, 1.165) is 19.8 Å². The number of piperazine rings is 1. The Kier molecular flexibility index (Phi) is 4.15. The number of amides is 2. The highest BCUT2D eigenvalue weighted by Crippen LogP contribution is 2.32. The van der Waals surface area contributed by atoms with Gasteiger partial charge < -0.3 is 15.5 Å². The van der Waals surface area contributed by atoms with Crippen LogP contribution in [0.4, 0.5) is 19.5 Å². The number of nitrogens with zero attached hydrogens (tertiary/aromatic N) is 6. The molecule has 0 radical (unpaired) electrons. The van der Waals surface area contributed by atoms with Crippen molar-refractivity contribution in [3.8, 4) is 0 Å². The fourth-order valence-electron chi connectivity index (χ4n) is 4.03. The van der Waals surface area contributed by atoms with Gasteiger partial charge in [0.1, 0.15) is 5.82 Å². The van der Waals surface area contributed by atoms with Crippen LogP contribution in [0.3, 0.4) is 0 Å². The Morgan fingerprint density at radius 2 is 2.04 bits per heavy atom. The first-order chi connectivity index (χ1) is 12.7. The number of carbonyl (C=O) groups is 1. The van der Waals surface area contributed by atoms with Gasteiger partial charge in [-0.1, -0.05) is 0 Å². The maximum Gasteiger partial charge on any atom is 0.315 e. The lowest BCUT2D eigenvalue weighted by Gasteiger charge is -2.51. The van der Waals surface area contributed by atoms with Gasteiger partial charge >= 0.3 is 6.03 Å². The Morgan fingerprint density at radius 1 is 1.30 bits per heavy atom. The zero-order valence-corrected chi connectivity index (χ0v) is 15.4. The Hall–Kier alpha value is -2.52. The van der Waals surface area contributed by atoms with E-state index in [9.17, 15) is 13.6 Å². The number of anilines is 1. The van der Waals surface area contributed by atoms with Crippen molar-refractivity contribution in [3.63, 3.8) is 0 Å². The Labute approximate surface area is 155 Å². The number of aryl methyl sites for hydroxylation is 2. The SMILES string of the molecule is Cc1nc(N2CC3CCC2CN3C(N)=O)n2nc(CCC(C)(F)F)cc2n1. The number of alkyl halides is 2. The molecule has 2 unspecified atom stereocenters. The Balaban J connectivity index is 1.66. The van der Waals surface area contributed by atoms with Crippen molar-refractivity contribution in [3.05, 3.63) is 17.6 Å². The van der Waals surface area contributed by atoms with Crippen molar-refractivity contribution < 1.29 is 13.6 Å². The second-order valence-electron chi connectivity index (χ2n) is 7.57. The minimum atomic E-state index is -2.73. The second kappa shape index (κ2) is 6.28. The lowest BCUT2D eigenvalue weighted by molar-refractivity contribution is 0.0130. The Bertz CT molecular complexity index is 878. The highest BCUT2D eigenvalue weighted by molar-refractivity contribution is 5.73. The van der Waals surface area contributed by atoms with Crippen LogP contribution in [0.5, 0.6) is 0 Å². The fourth-order valence-corrected chi connectivity index (χ4v) is 4.03. The van der Waals surface area contributed by atoms with Gasteiger partial charge in [0, 0.05) is 31.6 Å². The van der Waals surface area contributed by atoms with E-state index in [-0.39, 0.29) is 24.9 Å². The molecule has 0 spiro atoms. The van der Waals surface area contributed by atoms with E-state index in [1.165, 1.54) is 0 Å². The second-order valence-corrected chi connectivity index (χ2v) is 7.57. The highest BCUT2D eigenvalue weighted by atomic mass is 19.3. The minimum Gasteiger partial charge on any atom is -0.351 e. The zero-order valence-electron chi connectivity index (χ0n) is 15.4. The molecule has 3 aliphatic heterocycles. The molecule has 27 heavy (non-hydrogen) atoms. The summed E-state index contributed by atoms with van der Waals surface area (Å²) < 4.78 is 28.0. The number of fused-ring (bicyclic) bond motifs is 4. The van der Waals surface area contributed by atoms with Crippen LogP contribution in [0.2, 0.25) is 0 Å². The van der Waals surface area contributed by atoms with Gasteiger partial charge in [-0.2, -0.15) is 14.6 Å². The molecular formula is C17H23F2N7O. The maximum absolute atomic E-state index is 13.2. The topological polar surface area (TPSA) is 92.7 Å². The standard InChI is InChI=1S/C17H23F2N7O/c1-10-21-14-7-11(5-6-17(2,18)19)23-26(14)16(22-10)25-9-12-3-4-13(25)8-24(12)15(20)27/h7,12-13H,3-6,8-9H2,1-2H3,(H2,20,27). The average Bonchev–Trinajstić information content (AvgIpc) is 3.01. The molecule has 5 heterocycles. The van der Waals surface area contributed by atoms with E-state index < -0.39 is 12.0 Å². The van der Waals surface area contributed by atoms with Crippen molar-refractivity contribution >= 4 is 17.6 Å². The molecule has 146 valence electrons. The van der Waals surface area contributed by atoms with E-state index in [1.807, 2.05) is 0 Å². The van der Waals surface area contributed by atoms with Gasteiger partial charge in [-0.25, -0.2) is 18.6 Å². The predicted molar refractivity (Wildman–Crippen MR) is 94.9 cm³/mol. The van der Waals surface area contributed by atoms with Gasteiger partial charge in [-0.05, 0) is 33.1 Å². The van der Waals surface area contributed by atoms with Crippen LogP contribution < -0.4 is 10.6 Å². The maximum atomic E-state index is 13.2. The lowest BCUT2D eigenvalue weighted by Crippen LogP contribution is -2.65. The molecule has 0 saturated carbocycles. The van der Waals surface area contributed by atoms with Crippen molar-refractivity contribution in [1.82, 2.24) is 24.5 Å². The molecule has 5 rings (SSSR count). The summed E-state index contributed by atoms with van der Waals surface area (Å²) in [7, 11) is 0. The molecule has 3 saturated heterocycles. The van der Waals surface area contributed by atoms with Crippen molar-refractivity contribution in [2.75, 3.05) is 18.0 Å². The third-order valence-electron chi connectivity index (χ3n) is 5.36. The van der Waals surface area contributed by atoms with Crippen LogP contribution in [0.15, 0.2) is 6.07 Å². The molecule has 2 amide bonds. The van der Waals surface area contributed by atoms with E-state index in [2.05, 4.69) is 20.0 Å². The first kappa shape index (κ1) is 17.9. The molecular weight excluding hydrogens is 356 g/mol. The number of piperidine rings is 2. The Morgan fingerprint density at radius 3 is 2.67 bits per heavy atom. The van der Waals surface area contributed by atoms with Gasteiger partial charge in [-0.15, -0.1) is 0 Å². The number of hydrogen-bond acceptors (Lipinski definition) is 5. The third-order valence-corrected chi connectivity index (χ3v) is 5.36. The van der Waals surface area contributed by atoms with E-state index in [0.29, 0.717) is 36.2 Å². The van der Waals surface area contributed by atoms with Gasteiger partial charge in [0.25, 0.3) is 0 Å². The van der Waals surface area contributed by atoms with E-state index >= 15 is 0 Å². The summed E-state index contributed by atoms with van der Waals surface area (Å²) in [6.07, 6.45) is 1.76. The number of rotatable bonds is 4. The molecule has 0 aliphatic carbocycles. The van der Waals surface area contributed by atoms with Crippen molar-refractivity contribution in [1.29, 1.82) is 0 Å². The molecule has 2 atom stereocenters. The monoisotopic (exact) mass is 379 g/mol. The summed E-state index contributed by atoms with van der Waals surface area (Å²) >= 11 is 0. The smallest absolute Gasteiger partial charge is 0.315 e. The molecule has 3 fully saturated rings.